The highest BCUT2D eigenvalue weighted by molar-refractivity contribution is 7.99. The smallest absolute Gasteiger partial charge is 0.164 e. The van der Waals surface area contributed by atoms with Crippen molar-refractivity contribution in [1.29, 1.82) is 0 Å². The van der Waals surface area contributed by atoms with Gasteiger partial charge in [-0.15, -0.1) is 0 Å². The van der Waals surface area contributed by atoms with Crippen LogP contribution >= 0.6 is 11.8 Å². The topological polar surface area (TPSA) is 30.2 Å². The average molecular weight is 331 g/mol. The van der Waals surface area contributed by atoms with E-state index in [0.717, 1.165) is 21.9 Å². The maximum atomic E-state index is 4.70. The van der Waals surface area contributed by atoms with Crippen LogP contribution in [-0.4, -0.2) is 14.4 Å². The first kappa shape index (κ1) is 15.0. The molecule has 0 N–H and O–H groups in total. The molecule has 0 atom stereocenters. The van der Waals surface area contributed by atoms with E-state index in [0.29, 0.717) is 0 Å². The lowest BCUT2D eigenvalue weighted by Gasteiger charge is -2.09. The zero-order valence-corrected chi connectivity index (χ0v) is 14.4. The molecular formula is C20H17N3S. The zero-order valence-electron chi connectivity index (χ0n) is 13.6. The first-order valence-corrected chi connectivity index (χ1v) is 8.66. The highest BCUT2D eigenvalue weighted by Gasteiger charge is 2.11. The Hall–Kier alpha value is -2.59. The van der Waals surface area contributed by atoms with Crippen LogP contribution in [0, 0.1) is 13.8 Å². The number of hydrogen-bond donors (Lipinski definition) is 0. The summed E-state index contributed by atoms with van der Waals surface area (Å²) < 4.78 is 2.11. The second-order valence-electron chi connectivity index (χ2n) is 5.85. The minimum Gasteiger partial charge on any atom is -0.291 e. The van der Waals surface area contributed by atoms with Crippen molar-refractivity contribution < 1.29 is 0 Å². The van der Waals surface area contributed by atoms with Crippen LogP contribution in [0.5, 0.6) is 0 Å². The molecule has 0 aliphatic heterocycles. The van der Waals surface area contributed by atoms with Gasteiger partial charge in [0.15, 0.2) is 5.65 Å². The molecule has 2 aromatic carbocycles. The number of rotatable bonds is 3. The molecule has 0 unspecified atom stereocenters. The van der Waals surface area contributed by atoms with Gasteiger partial charge in [-0.25, -0.2) is 9.97 Å². The molecule has 0 aliphatic rings. The van der Waals surface area contributed by atoms with Gasteiger partial charge in [-0.05, 0) is 32.0 Å². The molecule has 0 saturated carbocycles. The number of nitrogens with zero attached hydrogens (tertiary/aromatic N) is 3. The van der Waals surface area contributed by atoms with Gasteiger partial charge in [0, 0.05) is 22.9 Å². The first-order chi connectivity index (χ1) is 11.7. The fourth-order valence-electron chi connectivity index (χ4n) is 2.69. The molecule has 24 heavy (non-hydrogen) atoms. The van der Waals surface area contributed by atoms with Crippen LogP contribution in [0.15, 0.2) is 77.0 Å². The van der Waals surface area contributed by atoms with Crippen molar-refractivity contribution in [3.63, 3.8) is 0 Å². The molecular weight excluding hydrogens is 314 g/mol. The summed E-state index contributed by atoms with van der Waals surface area (Å²) in [5, 5.41) is 1.06. The molecule has 3 nitrogen and oxygen atoms in total. The summed E-state index contributed by atoms with van der Waals surface area (Å²) in [6.45, 7) is 4.19. The lowest BCUT2D eigenvalue weighted by molar-refractivity contribution is 0.984. The van der Waals surface area contributed by atoms with Gasteiger partial charge in [0.05, 0.1) is 6.20 Å². The largest absolute Gasteiger partial charge is 0.291 e. The summed E-state index contributed by atoms with van der Waals surface area (Å²) in [4.78, 5) is 10.4. The lowest BCUT2D eigenvalue weighted by atomic mass is 10.1. The van der Waals surface area contributed by atoms with E-state index in [-0.39, 0.29) is 0 Å². The molecule has 0 bridgehead atoms. The molecule has 0 radical (unpaired) electrons. The van der Waals surface area contributed by atoms with Gasteiger partial charge < -0.3 is 0 Å². The Morgan fingerprint density at radius 3 is 2.54 bits per heavy atom. The van der Waals surface area contributed by atoms with Crippen molar-refractivity contribution in [3.8, 4) is 11.3 Å². The van der Waals surface area contributed by atoms with Crippen LogP contribution in [-0.2, 0) is 0 Å². The van der Waals surface area contributed by atoms with E-state index >= 15 is 0 Å². The normalized spacial score (nSPS) is 11.1. The summed E-state index contributed by atoms with van der Waals surface area (Å²) in [6, 6.07) is 16.9. The van der Waals surface area contributed by atoms with E-state index in [4.69, 9.17) is 4.98 Å². The summed E-state index contributed by atoms with van der Waals surface area (Å²) in [6.07, 6.45) is 5.75. The summed E-state index contributed by atoms with van der Waals surface area (Å²) >= 11 is 1.70. The van der Waals surface area contributed by atoms with E-state index in [1.165, 1.54) is 16.0 Å². The predicted molar refractivity (Wildman–Crippen MR) is 98.5 cm³/mol. The van der Waals surface area contributed by atoms with Crippen LogP contribution in [0.1, 0.15) is 11.1 Å². The van der Waals surface area contributed by atoms with E-state index < -0.39 is 0 Å². The molecule has 0 spiro atoms. The van der Waals surface area contributed by atoms with Crippen molar-refractivity contribution in [2.75, 3.05) is 0 Å². The second kappa shape index (κ2) is 6.13. The van der Waals surface area contributed by atoms with Gasteiger partial charge in [-0.2, -0.15) is 0 Å². The quantitative estimate of drug-likeness (QED) is 0.519. The molecule has 0 saturated heterocycles. The third-order valence-electron chi connectivity index (χ3n) is 3.93. The van der Waals surface area contributed by atoms with Crippen LogP contribution in [0.2, 0.25) is 0 Å². The Balaban J connectivity index is 1.78. The molecule has 4 heteroatoms. The molecule has 2 aromatic heterocycles. The van der Waals surface area contributed by atoms with Gasteiger partial charge in [0.25, 0.3) is 0 Å². The van der Waals surface area contributed by atoms with Gasteiger partial charge in [-0.3, -0.25) is 4.40 Å². The number of aromatic nitrogens is 3. The lowest BCUT2D eigenvalue weighted by Crippen LogP contribution is -1.96. The molecule has 118 valence electrons. The van der Waals surface area contributed by atoms with Crippen molar-refractivity contribution >= 4 is 17.4 Å². The Morgan fingerprint density at radius 1 is 0.917 bits per heavy atom. The van der Waals surface area contributed by atoms with Gasteiger partial charge in [-0.1, -0.05) is 53.2 Å². The number of fused-ring (bicyclic) bond motifs is 1. The zero-order chi connectivity index (χ0) is 16.5. The second-order valence-corrected chi connectivity index (χ2v) is 6.94. The summed E-state index contributed by atoms with van der Waals surface area (Å²) in [5.74, 6) is 0. The monoisotopic (exact) mass is 331 g/mol. The summed E-state index contributed by atoms with van der Waals surface area (Å²) in [7, 11) is 0. The van der Waals surface area contributed by atoms with Crippen LogP contribution in [0.4, 0.5) is 0 Å². The number of imidazole rings is 1. The number of aryl methyl sites for hydroxylation is 2. The first-order valence-electron chi connectivity index (χ1n) is 7.84. The maximum Gasteiger partial charge on any atom is 0.164 e. The van der Waals surface area contributed by atoms with Crippen molar-refractivity contribution in [3.05, 3.63) is 78.2 Å². The Morgan fingerprint density at radius 2 is 1.75 bits per heavy atom. The summed E-state index contributed by atoms with van der Waals surface area (Å²) in [5.41, 5.74) is 5.38. The maximum absolute atomic E-state index is 4.70. The predicted octanol–water partition coefficient (Wildman–Crippen LogP) is 5.16. The van der Waals surface area contributed by atoms with Gasteiger partial charge in [0.2, 0.25) is 0 Å². The van der Waals surface area contributed by atoms with Crippen molar-refractivity contribution in [1.82, 2.24) is 14.4 Å². The third kappa shape index (κ3) is 2.81. The van der Waals surface area contributed by atoms with Crippen LogP contribution in [0.25, 0.3) is 16.9 Å². The average Bonchev–Trinajstić information content (AvgIpc) is 3.07. The molecule has 0 amide bonds. The highest BCUT2D eigenvalue weighted by Crippen LogP contribution is 2.31. The van der Waals surface area contributed by atoms with Gasteiger partial charge in [0.1, 0.15) is 10.7 Å². The van der Waals surface area contributed by atoms with Crippen molar-refractivity contribution in [2.24, 2.45) is 0 Å². The Kier molecular flexibility index (Phi) is 3.82. The highest BCUT2D eigenvalue weighted by atomic mass is 32.2. The van der Waals surface area contributed by atoms with E-state index in [1.807, 2.05) is 18.6 Å². The number of hydrogen-bond acceptors (Lipinski definition) is 3. The SMILES string of the molecule is Cc1ccc(Sc2cnc(-c3cccc(C)c3)c3nccn23)cc1. The molecule has 2 heterocycles. The Bertz CT molecular complexity index is 1000. The van der Waals surface area contributed by atoms with E-state index in [9.17, 15) is 0 Å². The van der Waals surface area contributed by atoms with E-state index in [1.54, 1.807) is 11.8 Å². The number of benzene rings is 2. The fourth-order valence-corrected chi connectivity index (χ4v) is 3.56. The Labute approximate surface area is 145 Å². The molecule has 0 aliphatic carbocycles. The fraction of sp³-hybridized carbons (Fsp3) is 0.100. The molecule has 4 rings (SSSR count). The van der Waals surface area contributed by atoms with Crippen LogP contribution < -0.4 is 0 Å². The molecule has 0 fully saturated rings. The van der Waals surface area contributed by atoms with Gasteiger partial charge >= 0.3 is 0 Å². The minimum atomic E-state index is 0.887. The third-order valence-corrected chi connectivity index (χ3v) is 4.95. The molecule has 4 aromatic rings. The van der Waals surface area contributed by atoms with Crippen LogP contribution in [0.3, 0.4) is 0 Å². The van der Waals surface area contributed by atoms with Crippen molar-refractivity contribution in [2.45, 2.75) is 23.8 Å². The van der Waals surface area contributed by atoms with E-state index in [2.05, 4.69) is 71.8 Å². The standard InChI is InChI=1S/C20H17N3S/c1-14-6-8-17(9-7-14)24-18-13-22-19(20-21-10-11-23(18)20)16-5-3-4-15(2)12-16/h3-13H,1-2H3. The minimum absolute atomic E-state index is 0.887.